The first-order chi connectivity index (χ1) is 16.9. The second-order valence-corrected chi connectivity index (χ2v) is 8.88. The van der Waals surface area contributed by atoms with Gasteiger partial charge >= 0.3 is 0 Å². The van der Waals surface area contributed by atoms with Crippen molar-refractivity contribution in [1.82, 2.24) is 15.4 Å². The standard InChI is InChI=1S/C26H28N4O5/c1-18-10-12-19(13-11-18)16-27-25(31)24-15-23(35-28-24)17-29(21-7-3-2-4-8-21)26(32)20-6-5-9-22(14-20)30(33)34/h5-6,9-15,21H,2-4,7-8,16-17H2,1H3,(H,27,31). The van der Waals surface area contributed by atoms with Crippen LogP contribution in [0.4, 0.5) is 5.69 Å². The number of non-ortho nitro benzene ring substituents is 1. The highest BCUT2D eigenvalue weighted by molar-refractivity contribution is 5.95. The quantitative estimate of drug-likeness (QED) is 0.369. The molecule has 0 unspecified atom stereocenters. The molecule has 0 bridgehead atoms. The minimum absolute atomic E-state index is 0.0144. The van der Waals surface area contributed by atoms with E-state index in [1.165, 1.54) is 18.2 Å². The molecule has 2 amide bonds. The Morgan fingerprint density at radius 1 is 1.11 bits per heavy atom. The fraction of sp³-hybridized carbons (Fsp3) is 0.346. The number of amides is 2. The molecular weight excluding hydrogens is 448 g/mol. The molecule has 1 fully saturated rings. The van der Waals surface area contributed by atoms with E-state index in [0.717, 1.165) is 43.2 Å². The van der Waals surface area contributed by atoms with Gasteiger partial charge in [-0.2, -0.15) is 0 Å². The van der Waals surface area contributed by atoms with Crippen LogP contribution in [0.3, 0.4) is 0 Å². The summed E-state index contributed by atoms with van der Waals surface area (Å²) in [5, 5.41) is 17.9. The second kappa shape index (κ2) is 10.9. The molecular formula is C26H28N4O5. The average molecular weight is 477 g/mol. The van der Waals surface area contributed by atoms with Gasteiger partial charge in [-0.1, -0.05) is 60.3 Å². The molecule has 2 aromatic carbocycles. The summed E-state index contributed by atoms with van der Waals surface area (Å²) in [5.74, 6) is -0.285. The third-order valence-electron chi connectivity index (χ3n) is 6.27. The van der Waals surface area contributed by atoms with Crippen molar-refractivity contribution in [2.75, 3.05) is 0 Å². The van der Waals surface area contributed by atoms with E-state index in [9.17, 15) is 19.7 Å². The summed E-state index contributed by atoms with van der Waals surface area (Å²) in [6.07, 6.45) is 4.82. The minimum Gasteiger partial charge on any atom is -0.359 e. The zero-order valence-electron chi connectivity index (χ0n) is 19.6. The molecule has 1 N–H and O–H groups in total. The molecule has 9 heteroatoms. The van der Waals surface area contributed by atoms with Gasteiger partial charge in [0.15, 0.2) is 11.5 Å². The van der Waals surface area contributed by atoms with Crippen LogP contribution in [-0.4, -0.2) is 32.8 Å². The van der Waals surface area contributed by atoms with Gasteiger partial charge in [0, 0.05) is 36.3 Å². The predicted octanol–water partition coefficient (Wildman–Crippen LogP) is 4.80. The van der Waals surface area contributed by atoms with Crippen molar-refractivity contribution in [1.29, 1.82) is 0 Å². The van der Waals surface area contributed by atoms with Crippen molar-refractivity contribution < 1.29 is 19.0 Å². The van der Waals surface area contributed by atoms with Gasteiger partial charge in [-0.05, 0) is 31.4 Å². The number of hydrogen-bond donors (Lipinski definition) is 1. The normalized spacial score (nSPS) is 13.9. The number of nitro benzene ring substituents is 1. The van der Waals surface area contributed by atoms with Crippen LogP contribution < -0.4 is 5.32 Å². The van der Waals surface area contributed by atoms with Crippen LogP contribution in [0.15, 0.2) is 59.1 Å². The van der Waals surface area contributed by atoms with Crippen molar-refractivity contribution in [3.05, 3.63) is 92.9 Å². The predicted molar refractivity (Wildman–Crippen MR) is 129 cm³/mol. The summed E-state index contributed by atoms with van der Waals surface area (Å²) < 4.78 is 5.41. The number of rotatable bonds is 8. The number of aromatic nitrogens is 1. The Morgan fingerprint density at radius 3 is 2.57 bits per heavy atom. The van der Waals surface area contributed by atoms with E-state index in [1.54, 1.807) is 17.0 Å². The van der Waals surface area contributed by atoms with E-state index < -0.39 is 4.92 Å². The Balaban J connectivity index is 1.48. The van der Waals surface area contributed by atoms with Crippen molar-refractivity contribution >= 4 is 17.5 Å². The molecule has 0 aliphatic heterocycles. The van der Waals surface area contributed by atoms with Gasteiger partial charge in [0.1, 0.15) is 0 Å². The monoisotopic (exact) mass is 476 g/mol. The number of hydrogen-bond acceptors (Lipinski definition) is 6. The highest BCUT2D eigenvalue weighted by Gasteiger charge is 2.29. The first kappa shape index (κ1) is 24.1. The zero-order valence-corrected chi connectivity index (χ0v) is 19.6. The van der Waals surface area contributed by atoms with Crippen LogP contribution in [0, 0.1) is 17.0 Å². The van der Waals surface area contributed by atoms with Crippen LogP contribution in [0.1, 0.15) is 69.8 Å². The summed E-state index contributed by atoms with van der Waals surface area (Å²) in [6.45, 7) is 2.49. The third-order valence-corrected chi connectivity index (χ3v) is 6.27. The molecule has 1 aromatic heterocycles. The zero-order chi connectivity index (χ0) is 24.8. The molecule has 182 valence electrons. The van der Waals surface area contributed by atoms with Gasteiger partial charge in [-0.3, -0.25) is 19.7 Å². The smallest absolute Gasteiger partial charge is 0.273 e. The van der Waals surface area contributed by atoms with Crippen molar-refractivity contribution in [2.24, 2.45) is 0 Å². The number of nitrogens with one attached hydrogen (secondary N) is 1. The summed E-state index contributed by atoms with van der Waals surface area (Å²) in [7, 11) is 0. The fourth-order valence-corrected chi connectivity index (χ4v) is 4.32. The van der Waals surface area contributed by atoms with Crippen LogP contribution in [0.5, 0.6) is 0 Å². The lowest BCUT2D eigenvalue weighted by atomic mass is 9.93. The summed E-state index contributed by atoms with van der Waals surface area (Å²) >= 11 is 0. The van der Waals surface area contributed by atoms with Crippen molar-refractivity contribution in [3.63, 3.8) is 0 Å². The van der Waals surface area contributed by atoms with Crippen LogP contribution in [0.2, 0.25) is 0 Å². The molecule has 0 saturated heterocycles. The van der Waals surface area contributed by atoms with E-state index in [4.69, 9.17) is 4.52 Å². The van der Waals surface area contributed by atoms with Gasteiger partial charge in [-0.25, -0.2) is 0 Å². The van der Waals surface area contributed by atoms with E-state index in [1.807, 2.05) is 31.2 Å². The maximum absolute atomic E-state index is 13.4. The molecule has 0 atom stereocenters. The van der Waals surface area contributed by atoms with Crippen LogP contribution in [-0.2, 0) is 13.1 Å². The molecule has 1 aliphatic carbocycles. The highest BCUT2D eigenvalue weighted by atomic mass is 16.6. The molecule has 0 radical (unpaired) electrons. The molecule has 1 saturated carbocycles. The summed E-state index contributed by atoms with van der Waals surface area (Å²) in [6, 6.07) is 15.1. The maximum atomic E-state index is 13.4. The Kier molecular flexibility index (Phi) is 7.54. The Labute approximate surface area is 203 Å². The van der Waals surface area contributed by atoms with Gasteiger partial charge in [0.25, 0.3) is 17.5 Å². The van der Waals surface area contributed by atoms with E-state index in [0.29, 0.717) is 12.3 Å². The maximum Gasteiger partial charge on any atom is 0.273 e. The number of aryl methyl sites for hydroxylation is 1. The molecule has 35 heavy (non-hydrogen) atoms. The second-order valence-electron chi connectivity index (χ2n) is 8.88. The molecule has 9 nitrogen and oxygen atoms in total. The average Bonchev–Trinajstić information content (AvgIpc) is 3.36. The third kappa shape index (κ3) is 6.11. The summed E-state index contributed by atoms with van der Waals surface area (Å²) in [4.78, 5) is 38.3. The first-order valence-corrected chi connectivity index (χ1v) is 11.8. The largest absolute Gasteiger partial charge is 0.359 e. The van der Waals surface area contributed by atoms with Gasteiger partial charge < -0.3 is 14.7 Å². The van der Waals surface area contributed by atoms with Crippen LogP contribution in [0.25, 0.3) is 0 Å². The molecule has 0 spiro atoms. The topological polar surface area (TPSA) is 119 Å². The number of carbonyl (C=O) groups excluding carboxylic acids is 2. The number of benzene rings is 2. The van der Waals surface area contributed by atoms with Gasteiger partial charge in [-0.15, -0.1) is 0 Å². The lowest BCUT2D eigenvalue weighted by Crippen LogP contribution is -2.40. The highest BCUT2D eigenvalue weighted by Crippen LogP contribution is 2.27. The number of nitro groups is 1. The summed E-state index contributed by atoms with van der Waals surface area (Å²) in [5.41, 5.74) is 2.37. The first-order valence-electron chi connectivity index (χ1n) is 11.8. The SMILES string of the molecule is Cc1ccc(CNC(=O)c2cc(CN(C(=O)c3cccc([N+](=O)[O-])c3)C3CCCCC3)on2)cc1. The molecule has 1 heterocycles. The van der Waals surface area contributed by atoms with E-state index in [2.05, 4.69) is 10.5 Å². The van der Waals surface area contributed by atoms with Gasteiger partial charge in [0.05, 0.1) is 11.5 Å². The molecule has 4 rings (SSSR count). The fourth-order valence-electron chi connectivity index (χ4n) is 4.32. The number of nitrogens with zero attached hydrogens (tertiary/aromatic N) is 3. The molecule has 1 aliphatic rings. The lowest BCUT2D eigenvalue weighted by Gasteiger charge is -2.33. The minimum atomic E-state index is -0.514. The Hall–Kier alpha value is -4.01. The van der Waals surface area contributed by atoms with E-state index in [-0.39, 0.29) is 41.3 Å². The van der Waals surface area contributed by atoms with Crippen LogP contribution >= 0.6 is 0 Å². The van der Waals surface area contributed by atoms with Crippen molar-refractivity contribution in [2.45, 2.75) is 58.2 Å². The lowest BCUT2D eigenvalue weighted by molar-refractivity contribution is -0.384. The van der Waals surface area contributed by atoms with Crippen molar-refractivity contribution in [3.8, 4) is 0 Å². The Bertz CT molecular complexity index is 1200. The molecule has 3 aromatic rings. The number of carbonyl (C=O) groups is 2. The Morgan fingerprint density at radius 2 is 1.86 bits per heavy atom. The van der Waals surface area contributed by atoms with Gasteiger partial charge in [0.2, 0.25) is 0 Å². The van der Waals surface area contributed by atoms with E-state index >= 15 is 0 Å².